The molecule has 1 aromatic heterocycles. The topological polar surface area (TPSA) is 79.7 Å². The van der Waals surface area contributed by atoms with Crippen LogP contribution in [0.15, 0.2) is 77.0 Å². The molecule has 1 N–H and O–H groups in total. The molecule has 1 fully saturated rings. The van der Waals surface area contributed by atoms with E-state index in [1.165, 1.54) is 4.90 Å². The first kappa shape index (κ1) is 20.5. The highest BCUT2D eigenvalue weighted by Crippen LogP contribution is 2.43. The van der Waals surface area contributed by atoms with Crippen molar-refractivity contribution in [1.82, 2.24) is 4.98 Å². The summed E-state index contributed by atoms with van der Waals surface area (Å²) in [5.41, 5.74) is 2.75. The molecule has 7 heteroatoms. The number of pyridine rings is 1. The molecule has 3 heterocycles. The Morgan fingerprint density at radius 2 is 1.91 bits per heavy atom. The van der Waals surface area contributed by atoms with Gasteiger partial charge in [0, 0.05) is 28.1 Å². The third-order valence-corrected chi connectivity index (χ3v) is 6.23. The van der Waals surface area contributed by atoms with Crippen molar-refractivity contribution in [2.45, 2.75) is 18.9 Å². The number of rotatable bonds is 3. The van der Waals surface area contributed by atoms with Gasteiger partial charge in [0.15, 0.2) is 0 Å². The van der Waals surface area contributed by atoms with E-state index in [0.29, 0.717) is 23.4 Å². The fraction of sp³-hybridized carbons (Fsp3) is 0.160. The molecule has 160 valence electrons. The summed E-state index contributed by atoms with van der Waals surface area (Å²) < 4.78 is 6.44. The number of nitrogens with zero attached hydrogens (tertiary/aromatic N) is 2. The summed E-state index contributed by atoms with van der Waals surface area (Å²) >= 11 is 3.43. The summed E-state index contributed by atoms with van der Waals surface area (Å²) in [5, 5.41) is 11.3. The Balaban J connectivity index is 1.69. The minimum atomic E-state index is -0.778. The van der Waals surface area contributed by atoms with Crippen LogP contribution >= 0.6 is 15.9 Å². The third kappa shape index (κ3) is 3.48. The second-order valence-electron chi connectivity index (χ2n) is 7.70. The van der Waals surface area contributed by atoms with Gasteiger partial charge in [-0.15, -0.1) is 0 Å². The molecular weight excluding hydrogens is 472 g/mol. The lowest BCUT2D eigenvalue weighted by atomic mass is 9.94. The average molecular weight is 491 g/mol. The molecule has 6 nitrogen and oxygen atoms in total. The quantitative estimate of drug-likeness (QED) is 0.324. The van der Waals surface area contributed by atoms with E-state index in [0.717, 1.165) is 28.6 Å². The summed E-state index contributed by atoms with van der Waals surface area (Å²) in [5.74, 6) is -0.824. The Morgan fingerprint density at radius 1 is 1.09 bits per heavy atom. The Hall–Kier alpha value is -3.45. The predicted octanol–water partition coefficient (Wildman–Crippen LogP) is 4.80. The molecule has 1 amide bonds. The standard InChI is InChI=1S/C25H19BrN2O4/c26-18-4-1-5-19(14-18)28-22(15-8-10-27-11-9-15)21(24(30)25(28)31)23(29)17-6-7-20-16(13-17)3-2-12-32-20/h1,4-11,13-14,22,29H,2-3,12H2/b23-21-. The van der Waals surface area contributed by atoms with Gasteiger partial charge in [0.2, 0.25) is 0 Å². The van der Waals surface area contributed by atoms with Crippen molar-refractivity contribution in [2.24, 2.45) is 0 Å². The maximum atomic E-state index is 13.2. The third-order valence-electron chi connectivity index (χ3n) is 5.73. The number of hydrogen-bond donors (Lipinski definition) is 1. The van der Waals surface area contributed by atoms with Crippen LogP contribution in [0.4, 0.5) is 5.69 Å². The number of benzene rings is 2. The maximum Gasteiger partial charge on any atom is 0.300 e. The molecule has 0 radical (unpaired) electrons. The second kappa shape index (κ2) is 8.24. The molecule has 0 aliphatic carbocycles. The number of aromatic nitrogens is 1. The molecular formula is C25H19BrN2O4. The molecule has 0 spiro atoms. The molecule has 0 bridgehead atoms. The van der Waals surface area contributed by atoms with Crippen LogP contribution in [-0.2, 0) is 16.0 Å². The molecule has 2 aliphatic heterocycles. The average Bonchev–Trinajstić information content (AvgIpc) is 3.09. The van der Waals surface area contributed by atoms with Crippen LogP contribution in [-0.4, -0.2) is 28.4 Å². The van der Waals surface area contributed by atoms with Gasteiger partial charge in [-0.1, -0.05) is 22.0 Å². The van der Waals surface area contributed by atoms with Crippen molar-refractivity contribution < 1.29 is 19.4 Å². The zero-order valence-corrected chi connectivity index (χ0v) is 18.6. The van der Waals surface area contributed by atoms with Gasteiger partial charge in [0.25, 0.3) is 11.7 Å². The van der Waals surface area contributed by atoms with E-state index < -0.39 is 17.7 Å². The summed E-state index contributed by atoms with van der Waals surface area (Å²) in [6, 6.07) is 15.2. The van der Waals surface area contributed by atoms with E-state index in [4.69, 9.17) is 4.74 Å². The molecule has 32 heavy (non-hydrogen) atoms. The molecule has 1 atom stereocenters. The van der Waals surface area contributed by atoms with E-state index in [1.54, 1.807) is 54.9 Å². The van der Waals surface area contributed by atoms with Crippen LogP contribution < -0.4 is 9.64 Å². The van der Waals surface area contributed by atoms with Crippen LogP contribution in [0.2, 0.25) is 0 Å². The lowest BCUT2D eigenvalue weighted by Gasteiger charge is -2.25. The van der Waals surface area contributed by atoms with E-state index in [2.05, 4.69) is 20.9 Å². The summed E-state index contributed by atoms with van der Waals surface area (Å²) in [6.07, 6.45) is 4.93. The minimum Gasteiger partial charge on any atom is -0.507 e. The van der Waals surface area contributed by atoms with Crippen LogP contribution in [0, 0.1) is 0 Å². The van der Waals surface area contributed by atoms with Gasteiger partial charge in [-0.3, -0.25) is 19.5 Å². The number of carbonyl (C=O) groups is 2. The summed E-state index contributed by atoms with van der Waals surface area (Å²) in [6.45, 7) is 0.665. The first-order chi connectivity index (χ1) is 15.5. The first-order valence-corrected chi connectivity index (χ1v) is 11.1. The van der Waals surface area contributed by atoms with Gasteiger partial charge in [-0.05, 0) is 72.5 Å². The lowest BCUT2D eigenvalue weighted by Crippen LogP contribution is -2.29. The number of anilines is 1. The number of hydrogen-bond acceptors (Lipinski definition) is 5. The molecule has 2 aromatic carbocycles. The molecule has 2 aliphatic rings. The molecule has 3 aromatic rings. The van der Waals surface area contributed by atoms with E-state index in [9.17, 15) is 14.7 Å². The highest BCUT2D eigenvalue weighted by Gasteiger charge is 2.47. The highest BCUT2D eigenvalue weighted by molar-refractivity contribution is 9.10. The van der Waals surface area contributed by atoms with Gasteiger partial charge in [-0.25, -0.2) is 0 Å². The number of aryl methyl sites for hydroxylation is 1. The van der Waals surface area contributed by atoms with E-state index >= 15 is 0 Å². The van der Waals surface area contributed by atoms with Crippen LogP contribution in [0.1, 0.15) is 29.2 Å². The molecule has 1 unspecified atom stereocenters. The number of carbonyl (C=O) groups excluding carboxylic acids is 2. The smallest absolute Gasteiger partial charge is 0.300 e. The van der Waals surface area contributed by atoms with Crippen LogP contribution in [0.3, 0.4) is 0 Å². The normalized spacial score (nSPS) is 19.5. The highest BCUT2D eigenvalue weighted by atomic mass is 79.9. The van der Waals surface area contributed by atoms with Gasteiger partial charge in [-0.2, -0.15) is 0 Å². The van der Waals surface area contributed by atoms with E-state index in [1.807, 2.05) is 12.1 Å². The van der Waals surface area contributed by atoms with Crippen molar-refractivity contribution in [3.8, 4) is 5.75 Å². The van der Waals surface area contributed by atoms with Crippen molar-refractivity contribution in [3.63, 3.8) is 0 Å². The Kier molecular flexibility index (Phi) is 5.27. The Labute approximate surface area is 193 Å². The molecule has 5 rings (SSSR count). The maximum absolute atomic E-state index is 13.2. The second-order valence-corrected chi connectivity index (χ2v) is 8.62. The molecule has 0 saturated carbocycles. The van der Waals surface area contributed by atoms with Gasteiger partial charge in [0.1, 0.15) is 11.5 Å². The lowest BCUT2D eigenvalue weighted by molar-refractivity contribution is -0.132. The number of fused-ring (bicyclic) bond motifs is 1. The van der Waals surface area contributed by atoms with Crippen molar-refractivity contribution in [1.29, 1.82) is 0 Å². The number of Topliss-reactive ketones (excluding diaryl/α,β-unsaturated/α-hetero) is 1. The fourth-order valence-electron chi connectivity index (χ4n) is 4.25. The van der Waals surface area contributed by atoms with Crippen LogP contribution in [0.5, 0.6) is 5.75 Å². The summed E-state index contributed by atoms with van der Waals surface area (Å²) in [7, 11) is 0. The number of ether oxygens (including phenoxy) is 1. The number of halogens is 1. The monoisotopic (exact) mass is 490 g/mol. The number of aliphatic hydroxyl groups is 1. The van der Waals surface area contributed by atoms with Gasteiger partial charge in [0.05, 0.1) is 18.2 Å². The number of aliphatic hydroxyl groups excluding tert-OH is 1. The Morgan fingerprint density at radius 3 is 2.69 bits per heavy atom. The van der Waals surface area contributed by atoms with Crippen molar-refractivity contribution >= 4 is 39.1 Å². The number of amides is 1. The summed E-state index contributed by atoms with van der Waals surface area (Å²) in [4.78, 5) is 31.8. The van der Waals surface area contributed by atoms with Gasteiger partial charge < -0.3 is 9.84 Å². The minimum absolute atomic E-state index is 0.0536. The zero-order valence-electron chi connectivity index (χ0n) is 17.0. The van der Waals surface area contributed by atoms with Crippen LogP contribution in [0.25, 0.3) is 5.76 Å². The Bertz CT molecular complexity index is 1260. The van der Waals surface area contributed by atoms with Gasteiger partial charge >= 0.3 is 0 Å². The molecule has 1 saturated heterocycles. The fourth-order valence-corrected chi connectivity index (χ4v) is 4.64. The largest absolute Gasteiger partial charge is 0.507 e. The predicted molar refractivity (Wildman–Crippen MR) is 123 cm³/mol. The SMILES string of the molecule is O=C1C(=O)N(c2cccc(Br)c2)C(c2ccncc2)/C1=C(/O)c1ccc2c(c1)CCCO2. The number of ketones is 1. The van der Waals surface area contributed by atoms with E-state index in [-0.39, 0.29) is 11.3 Å². The first-order valence-electron chi connectivity index (χ1n) is 10.3. The zero-order chi connectivity index (χ0) is 22.2. The van der Waals surface area contributed by atoms with Crippen molar-refractivity contribution in [2.75, 3.05) is 11.5 Å². The van der Waals surface area contributed by atoms with Crippen molar-refractivity contribution in [3.05, 3.63) is 93.7 Å².